The number of carbonyl (C=O) groups is 2. The van der Waals surface area contributed by atoms with Crippen LogP contribution in [0.3, 0.4) is 0 Å². The molecule has 22 heavy (non-hydrogen) atoms. The van der Waals surface area contributed by atoms with Crippen molar-refractivity contribution >= 4 is 11.9 Å². The molecule has 0 bridgehead atoms. The van der Waals surface area contributed by atoms with E-state index >= 15 is 0 Å². The molecule has 0 radical (unpaired) electrons. The van der Waals surface area contributed by atoms with E-state index in [-0.39, 0.29) is 24.2 Å². The van der Waals surface area contributed by atoms with Gasteiger partial charge in [-0.25, -0.2) is 0 Å². The average molecular weight is 304 g/mol. The second-order valence-corrected chi connectivity index (χ2v) is 5.68. The molecule has 5 nitrogen and oxygen atoms in total. The number of hydrogen-bond donors (Lipinski definition) is 1. The Morgan fingerprint density at radius 2 is 2.09 bits per heavy atom. The van der Waals surface area contributed by atoms with Crippen LogP contribution in [0, 0.1) is 5.92 Å². The minimum Gasteiger partial charge on any atom is -0.469 e. The number of amides is 1. The zero-order chi connectivity index (χ0) is 15.8. The summed E-state index contributed by atoms with van der Waals surface area (Å²) in [5.41, 5.74) is 1.27. The van der Waals surface area contributed by atoms with E-state index in [1.165, 1.54) is 12.7 Å². The molecule has 1 unspecified atom stereocenters. The molecule has 5 heteroatoms. The summed E-state index contributed by atoms with van der Waals surface area (Å²) in [6.07, 6.45) is 2.17. The van der Waals surface area contributed by atoms with E-state index in [1.54, 1.807) is 0 Å². The number of nitrogens with one attached hydrogen (secondary N) is 1. The van der Waals surface area contributed by atoms with Gasteiger partial charge in [-0.05, 0) is 24.9 Å². The van der Waals surface area contributed by atoms with E-state index in [2.05, 4.69) is 27.1 Å². The Kier molecular flexibility index (Phi) is 6.40. The number of methoxy groups -OCH3 is 1. The SMILES string of the molecule is COC(=O)CCNC(=O)C1CCCN(Cc2ccccc2)C1. The second kappa shape index (κ2) is 8.54. The minimum atomic E-state index is -0.297. The van der Waals surface area contributed by atoms with Gasteiger partial charge in [-0.1, -0.05) is 30.3 Å². The van der Waals surface area contributed by atoms with Crippen LogP contribution in [0.2, 0.25) is 0 Å². The number of ether oxygens (including phenoxy) is 1. The predicted molar refractivity (Wildman–Crippen MR) is 84.1 cm³/mol. The standard InChI is InChI=1S/C17H24N2O3/c1-22-16(20)9-10-18-17(21)15-8-5-11-19(13-15)12-14-6-3-2-4-7-14/h2-4,6-7,15H,5,8-13H2,1H3,(H,18,21). The van der Waals surface area contributed by atoms with E-state index in [4.69, 9.17) is 0 Å². The summed E-state index contributed by atoms with van der Waals surface area (Å²) in [7, 11) is 1.35. The first-order valence-corrected chi connectivity index (χ1v) is 7.80. The van der Waals surface area contributed by atoms with Gasteiger partial charge in [-0.15, -0.1) is 0 Å². The van der Waals surface area contributed by atoms with Gasteiger partial charge in [0.25, 0.3) is 0 Å². The van der Waals surface area contributed by atoms with Crippen LogP contribution in [0.1, 0.15) is 24.8 Å². The highest BCUT2D eigenvalue weighted by atomic mass is 16.5. The normalized spacial score (nSPS) is 18.7. The Bertz CT molecular complexity index is 490. The zero-order valence-corrected chi connectivity index (χ0v) is 13.1. The molecule has 1 N–H and O–H groups in total. The molecule has 0 saturated carbocycles. The molecule has 1 atom stereocenters. The Morgan fingerprint density at radius 1 is 1.32 bits per heavy atom. The summed E-state index contributed by atoms with van der Waals surface area (Å²) in [5, 5.41) is 2.84. The van der Waals surface area contributed by atoms with Gasteiger partial charge >= 0.3 is 5.97 Å². The highest BCUT2D eigenvalue weighted by Gasteiger charge is 2.25. The maximum Gasteiger partial charge on any atom is 0.307 e. The monoisotopic (exact) mass is 304 g/mol. The van der Waals surface area contributed by atoms with Crippen LogP contribution in [-0.2, 0) is 20.9 Å². The summed E-state index contributed by atoms with van der Waals surface area (Å²) in [5.74, 6) is -0.244. The molecule has 1 saturated heterocycles. The van der Waals surface area contributed by atoms with Gasteiger partial charge < -0.3 is 10.1 Å². The third-order valence-corrected chi connectivity index (χ3v) is 3.98. The molecule has 1 fully saturated rings. The molecule has 1 aliphatic rings. The van der Waals surface area contributed by atoms with Gasteiger partial charge in [-0.3, -0.25) is 14.5 Å². The number of likely N-dealkylation sites (tertiary alicyclic amines) is 1. The molecule has 120 valence electrons. The molecule has 1 aromatic rings. The van der Waals surface area contributed by atoms with Crippen molar-refractivity contribution < 1.29 is 14.3 Å². The smallest absolute Gasteiger partial charge is 0.307 e. The molecule has 0 aromatic heterocycles. The van der Waals surface area contributed by atoms with Crippen molar-refractivity contribution in [1.82, 2.24) is 10.2 Å². The average Bonchev–Trinajstić information content (AvgIpc) is 2.55. The lowest BCUT2D eigenvalue weighted by Gasteiger charge is -2.32. The molecule has 1 aromatic carbocycles. The highest BCUT2D eigenvalue weighted by molar-refractivity contribution is 5.79. The minimum absolute atomic E-state index is 0.00936. The quantitative estimate of drug-likeness (QED) is 0.811. The Morgan fingerprint density at radius 3 is 2.82 bits per heavy atom. The fraction of sp³-hybridized carbons (Fsp3) is 0.529. The van der Waals surface area contributed by atoms with Crippen LogP contribution in [0.4, 0.5) is 0 Å². The van der Waals surface area contributed by atoms with Gasteiger partial charge in [0.2, 0.25) is 5.91 Å². The van der Waals surface area contributed by atoms with Crippen molar-refractivity contribution in [3.05, 3.63) is 35.9 Å². The molecular weight excluding hydrogens is 280 g/mol. The van der Waals surface area contributed by atoms with Crippen molar-refractivity contribution in [2.24, 2.45) is 5.92 Å². The van der Waals surface area contributed by atoms with E-state index < -0.39 is 0 Å². The number of benzene rings is 1. The Balaban J connectivity index is 1.77. The summed E-state index contributed by atoms with van der Waals surface area (Å²) in [4.78, 5) is 25.5. The zero-order valence-electron chi connectivity index (χ0n) is 13.1. The first-order chi connectivity index (χ1) is 10.7. The van der Waals surface area contributed by atoms with E-state index in [0.29, 0.717) is 6.54 Å². The van der Waals surface area contributed by atoms with Gasteiger partial charge in [-0.2, -0.15) is 0 Å². The van der Waals surface area contributed by atoms with Gasteiger partial charge in [0, 0.05) is 19.6 Å². The molecule has 1 amide bonds. The fourth-order valence-electron chi connectivity index (χ4n) is 2.79. The molecule has 2 rings (SSSR count). The first kappa shape index (κ1) is 16.5. The molecule has 1 heterocycles. The van der Waals surface area contributed by atoms with Crippen LogP contribution in [0.25, 0.3) is 0 Å². The van der Waals surface area contributed by atoms with Gasteiger partial charge in [0.05, 0.1) is 19.4 Å². The maximum absolute atomic E-state index is 12.2. The Labute approximate surface area is 131 Å². The lowest BCUT2D eigenvalue weighted by molar-refractivity contribution is -0.140. The van der Waals surface area contributed by atoms with Crippen LogP contribution < -0.4 is 5.32 Å². The number of rotatable bonds is 6. The van der Waals surface area contributed by atoms with Gasteiger partial charge in [0.15, 0.2) is 0 Å². The van der Waals surface area contributed by atoms with Crippen molar-refractivity contribution in [1.29, 1.82) is 0 Å². The van der Waals surface area contributed by atoms with Crippen molar-refractivity contribution in [2.75, 3.05) is 26.7 Å². The van der Waals surface area contributed by atoms with E-state index in [1.807, 2.05) is 18.2 Å². The third kappa shape index (κ3) is 5.15. The van der Waals surface area contributed by atoms with Crippen LogP contribution in [0.5, 0.6) is 0 Å². The van der Waals surface area contributed by atoms with Crippen LogP contribution in [0.15, 0.2) is 30.3 Å². The van der Waals surface area contributed by atoms with Crippen molar-refractivity contribution in [2.45, 2.75) is 25.8 Å². The van der Waals surface area contributed by atoms with Crippen molar-refractivity contribution in [3.8, 4) is 0 Å². The fourth-order valence-corrected chi connectivity index (χ4v) is 2.79. The first-order valence-electron chi connectivity index (χ1n) is 7.80. The lowest BCUT2D eigenvalue weighted by Crippen LogP contribution is -2.43. The van der Waals surface area contributed by atoms with Crippen LogP contribution in [-0.4, -0.2) is 43.5 Å². The molecule has 0 aliphatic carbocycles. The molecule has 0 spiro atoms. The maximum atomic E-state index is 12.2. The predicted octanol–water partition coefficient (Wildman–Crippen LogP) is 1.58. The lowest BCUT2D eigenvalue weighted by atomic mass is 9.96. The number of carbonyl (C=O) groups excluding carboxylic acids is 2. The second-order valence-electron chi connectivity index (χ2n) is 5.68. The topological polar surface area (TPSA) is 58.6 Å². The number of hydrogen-bond acceptors (Lipinski definition) is 4. The summed E-state index contributed by atoms with van der Waals surface area (Å²) >= 11 is 0. The van der Waals surface area contributed by atoms with E-state index in [9.17, 15) is 9.59 Å². The summed E-state index contributed by atoms with van der Waals surface area (Å²) in [6.45, 7) is 3.03. The summed E-state index contributed by atoms with van der Waals surface area (Å²) in [6, 6.07) is 10.3. The molecular formula is C17H24N2O3. The Hall–Kier alpha value is -1.88. The van der Waals surface area contributed by atoms with E-state index in [0.717, 1.165) is 32.5 Å². The van der Waals surface area contributed by atoms with Crippen LogP contribution >= 0.6 is 0 Å². The third-order valence-electron chi connectivity index (χ3n) is 3.98. The van der Waals surface area contributed by atoms with Crippen molar-refractivity contribution in [3.63, 3.8) is 0 Å². The highest BCUT2D eigenvalue weighted by Crippen LogP contribution is 2.18. The van der Waals surface area contributed by atoms with Gasteiger partial charge in [0.1, 0.15) is 0 Å². The largest absolute Gasteiger partial charge is 0.469 e. The molecule has 1 aliphatic heterocycles. The number of piperidine rings is 1. The number of nitrogens with zero attached hydrogens (tertiary/aromatic N) is 1. The summed E-state index contributed by atoms with van der Waals surface area (Å²) < 4.78 is 4.56. The number of esters is 1.